The molecule has 0 aromatic carbocycles. The van der Waals surface area contributed by atoms with E-state index in [9.17, 15) is 0 Å². The maximum absolute atomic E-state index is 4.94. The van der Waals surface area contributed by atoms with Crippen molar-refractivity contribution in [1.82, 2.24) is 0 Å². The van der Waals surface area contributed by atoms with E-state index in [0.29, 0.717) is 0 Å². The molecule has 25 valence electrons. The van der Waals surface area contributed by atoms with Crippen molar-refractivity contribution >= 4 is 92.9 Å². The number of halogens is 3. The van der Waals surface area contributed by atoms with E-state index in [1.54, 1.807) is 0 Å². The summed E-state index contributed by atoms with van der Waals surface area (Å²) in [6, 6.07) is 0. The molecule has 1 radical (unpaired) electrons. The molecule has 0 atom stereocenters. The molecule has 0 rings (SSSR count). The van der Waals surface area contributed by atoms with Gasteiger partial charge in [-0.15, -0.1) is 0 Å². The summed E-state index contributed by atoms with van der Waals surface area (Å²) in [7, 11) is 14.8. The second kappa shape index (κ2) is 7.04. The third-order valence-corrected chi connectivity index (χ3v) is 0. The van der Waals surface area contributed by atoms with E-state index in [4.69, 9.17) is 30.1 Å². The summed E-state index contributed by atoms with van der Waals surface area (Å²) < 4.78 is 0. The molecular weight excluding hydrogens is 172 g/mol. The first-order valence-electron chi connectivity index (χ1n) is 0.655. The summed E-state index contributed by atoms with van der Waals surface area (Å²) in [6.07, 6.45) is 0. The van der Waals surface area contributed by atoms with E-state index >= 15 is 0 Å². The average molecular weight is 172 g/mol. The van der Waals surface area contributed by atoms with Crippen LogP contribution in [0.5, 0.6) is 0 Å². The van der Waals surface area contributed by atoms with Crippen LogP contribution in [0.25, 0.3) is 0 Å². The van der Waals surface area contributed by atoms with Gasteiger partial charge in [0.25, 0.3) is 0 Å². The topological polar surface area (TPSA) is 0 Å². The van der Waals surface area contributed by atoms with Crippen LogP contribution in [-0.4, -0.2) is 62.8 Å². The van der Waals surface area contributed by atoms with E-state index in [1.807, 2.05) is 0 Å². The van der Waals surface area contributed by atoms with Crippen LogP contribution in [0.1, 0.15) is 0 Å². The zero-order valence-electron chi connectivity index (χ0n) is 2.71. The van der Waals surface area contributed by atoms with E-state index < -0.39 is 11.4 Å². The Morgan fingerprint density at radius 2 is 1.00 bits per heavy atom. The van der Waals surface area contributed by atoms with Gasteiger partial charge >= 0.3 is 11.4 Å². The van der Waals surface area contributed by atoms with Crippen LogP contribution in [0, 0.1) is 0 Å². The Hall–Kier alpha value is 3.04. The quantitative estimate of drug-likeness (QED) is 0.483. The zero-order valence-corrected chi connectivity index (χ0v) is 9.26. The molecule has 5 heavy (non-hydrogen) atoms. The number of rotatable bonds is 0. The van der Waals surface area contributed by atoms with Gasteiger partial charge in [0.05, 0.1) is 0 Å². The maximum Gasteiger partial charge on any atom is 0.643 e. The molecule has 0 heterocycles. The predicted molar refractivity (Wildman–Crippen MR) is 29.1 cm³/mol. The second-order valence-electron chi connectivity index (χ2n) is 0.247. The molecule has 0 nitrogen and oxygen atoms in total. The molecule has 0 N–H and O–H groups in total. The fourth-order valence-electron chi connectivity index (χ4n) is 0. The van der Waals surface area contributed by atoms with Crippen LogP contribution in [0.4, 0.5) is 0 Å². The van der Waals surface area contributed by atoms with Gasteiger partial charge in [-0.05, 0) is 0 Å². The van der Waals surface area contributed by atoms with Crippen LogP contribution in [0.2, 0.25) is 0 Å². The number of hydrogen-bond donors (Lipinski definition) is 0. The summed E-state index contributed by atoms with van der Waals surface area (Å²) in [5, 5.41) is 0. The normalized spacial score (nSPS) is 5.40. The standard InChI is InChI=1S/Al.3ClH.K/h;3*1H;/q+3;;;;/p-3. The van der Waals surface area contributed by atoms with Gasteiger partial charge in [-0.2, -0.15) is 0 Å². The first-order valence-corrected chi connectivity index (χ1v) is 5.89. The van der Waals surface area contributed by atoms with E-state index in [0.717, 1.165) is 0 Å². The second-order valence-corrected chi connectivity index (χ2v) is 6.68. The van der Waals surface area contributed by atoms with Crippen molar-refractivity contribution < 1.29 is 0 Å². The summed E-state index contributed by atoms with van der Waals surface area (Å²) in [5.74, 6) is 0. The maximum atomic E-state index is 4.94. The Labute approximate surface area is 90.6 Å². The van der Waals surface area contributed by atoms with E-state index in [-0.39, 0.29) is 51.4 Å². The Morgan fingerprint density at radius 1 is 1.00 bits per heavy atom. The third kappa shape index (κ3) is 19.4. The minimum Gasteiger partial charge on any atom is -0.214 e. The molecule has 0 aliphatic heterocycles. The summed E-state index contributed by atoms with van der Waals surface area (Å²) in [6.45, 7) is 0. The van der Waals surface area contributed by atoms with E-state index in [1.165, 1.54) is 0 Å². The van der Waals surface area contributed by atoms with Gasteiger partial charge < -0.3 is 0 Å². The first kappa shape index (κ1) is 10.9. The van der Waals surface area contributed by atoms with Gasteiger partial charge in [0.1, 0.15) is 0 Å². The smallest absolute Gasteiger partial charge is 0.214 e. The largest absolute Gasteiger partial charge is 0.643 e. The molecule has 0 bridgehead atoms. The van der Waals surface area contributed by atoms with Gasteiger partial charge in [0, 0.05) is 51.4 Å². The summed E-state index contributed by atoms with van der Waals surface area (Å²) >= 11 is -1.72. The molecule has 0 aromatic rings. The monoisotopic (exact) mass is 171 g/mol. The molecule has 0 aromatic heterocycles. The van der Waals surface area contributed by atoms with Gasteiger partial charge in [-0.3, -0.25) is 0 Å². The van der Waals surface area contributed by atoms with Crippen LogP contribution >= 0.6 is 30.1 Å². The minimum atomic E-state index is -1.72. The summed E-state index contributed by atoms with van der Waals surface area (Å²) in [5.41, 5.74) is 0. The van der Waals surface area contributed by atoms with Crippen molar-refractivity contribution in [3.63, 3.8) is 0 Å². The van der Waals surface area contributed by atoms with Gasteiger partial charge in [-0.25, -0.2) is 30.1 Å². The SMILES string of the molecule is [Cl][Al]([Cl])[Cl].[K]. The van der Waals surface area contributed by atoms with Crippen molar-refractivity contribution in [2.75, 3.05) is 0 Å². The zero-order chi connectivity index (χ0) is 3.58. The Balaban J connectivity index is 0. The predicted octanol–water partition coefficient (Wildman–Crippen LogP) is 1.31. The molecule has 0 aliphatic rings. The van der Waals surface area contributed by atoms with Crippen LogP contribution < -0.4 is 0 Å². The van der Waals surface area contributed by atoms with Crippen molar-refractivity contribution in [3.05, 3.63) is 0 Å². The molecule has 0 spiro atoms. The molecule has 0 amide bonds. The average Bonchev–Trinajstić information content (AvgIpc) is 0.811. The molecule has 0 fully saturated rings. The van der Waals surface area contributed by atoms with Crippen molar-refractivity contribution in [2.24, 2.45) is 0 Å². The Morgan fingerprint density at radius 3 is 1.00 bits per heavy atom. The summed E-state index contributed by atoms with van der Waals surface area (Å²) in [4.78, 5) is 0. The van der Waals surface area contributed by atoms with Crippen molar-refractivity contribution in [3.8, 4) is 0 Å². The first-order chi connectivity index (χ1) is 1.73. The van der Waals surface area contributed by atoms with E-state index in [2.05, 4.69) is 0 Å². The molecule has 0 unspecified atom stereocenters. The minimum absolute atomic E-state index is 0. The third-order valence-electron chi connectivity index (χ3n) is 0. The Bertz CT molecular complexity index is 11.6. The van der Waals surface area contributed by atoms with Crippen LogP contribution in [0.3, 0.4) is 0 Å². The fourth-order valence-corrected chi connectivity index (χ4v) is 0. The van der Waals surface area contributed by atoms with Crippen molar-refractivity contribution in [1.29, 1.82) is 0 Å². The van der Waals surface area contributed by atoms with Crippen LogP contribution in [0.15, 0.2) is 0 Å². The van der Waals surface area contributed by atoms with Gasteiger partial charge in [0.2, 0.25) is 0 Å². The van der Waals surface area contributed by atoms with Crippen molar-refractivity contribution in [2.45, 2.75) is 0 Å². The molecule has 0 saturated heterocycles. The van der Waals surface area contributed by atoms with Gasteiger partial charge in [-0.1, -0.05) is 0 Å². The molecule has 5 heteroatoms. The Kier molecular flexibility index (Phi) is 15.4. The molecular formula is AlCl3K. The van der Waals surface area contributed by atoms with Crippen LogP contribution in [-0.2, 0) is 0 Å². The fraction of sp³-hybridized carbons (Fsp3) is 0. The number of hydrogen-bond acceptors (Lipinski definition) is 0. The molecule has 0 aliphatic carbocycles. The molecule has 0 saturated carbocycles. The van der Waals surface area contributed by atoms with Gasteiger partial charge in [0.15, 0.2) is 0 Å².